The molecule has 0 fully saturated rings. The van der Waals surface area contributed by atoms with Gasteiger partial charge in [-0.3, -0.25) is 4.79 Å². The number of benzene rings is 2. The van der Waals surface area contributed by atoms with Gasteiger partial charge in [-0.1, -0.05) is 36.4 Å². The number of methoxy groups -OCH3 is 2. The molecule has 8 nitrogen and oxygen atoms in total. The van der Waals surface area contributed by atoms with E-state index in [-0.39, 0.29) is 18.4 Å². The second-order valence-electron chi connectivity index (χ2n) is 6.17. The van der Waals surface area contributed by atoms with Crippen LogP contribution in [-0.4, -0.2) is 31.1 Å². The largest absolute Gasteiger partial charge is 0.496 e. The van der Waals surface area contributed by atoms with Crippen molar-refractivity contribution in [2.24, 2.45) is 10.7 Å². The summed E-state index contributed by atoms with van der Waals surface area (Å²) in [6, 6.07) is 15.2. The highest BCUT2D eigenvalue weighted by atomic mass is 32.1. The predicted octanol–water partition coefficient (Wildman–Crippen LogP) is 3.02. The number of anilines is 1. The van der Waals surface area contributed by atoms with Gasteiger partial charge in [-0.25, -0.2) is 9.98 Å². The summed E-state index contributed by atoms with van der Waals surface area (Å²) in [5.74, 6) is 1.25. The van der Waals surface area contributed by atoms with E-state index in [9.17, 15) is 4.79 Å². The van der Waals surface area contributed by atoms with Gasteiger partial charge in [0.15, 0.2) is 11.1 Å². The Labute approximate surface area is 178 Å². The van der Waals surface area contributed by atoms with Crippen LogP contribution in [0.1, 0.15) is 21.6 Å². The molecule has 1 aromatic heterocycles. The van der Waals surface area contributed by atoms with E-state index in [2.05, 4.69) is 20.6 Å². The van der Waals surface area contributed by atoms with Crippen molar-refractivity contribution in [2.45, 2.75) is 13.1 Å². The van der Waals surface area contributed by atoms with Gasteiger partial charge in [0.05, 0.1) is 26.3 Å². The summed E-state index contributed by atoms with van der Waals surface area (Å²) in [4.78, 5) is 20.9. The van der Waals surface area contributed by atoms with E-state index < -0.39 is 0 Å². The number of thiazole rings is 1. The molecule has 0 saturated carbocycles. The first-order valence-electron chi connectivity index (χ1n) is 9.15. The molecule has 0 spiro atoms. The van der Waals surface area contributed by atoms with Crippen LogP contribution in [0.3, 0.4) is 0 Å². The SMILES string of the molecule is COc1cccc(OC)c1CN=C(N)Nc1nc(C(=O)NCc2ccccc2)cs1. The van der Waals surface area contributed by atoms with Crippen LogP contribution in [0.15, 0.2) is 58.9 Å². The highest BCUT2D eigenvalue weighted by Crippen LogP contribution is 2.28. The van der Waals surface area contributed by atoms with Gasteiger partial charge >= 0.3 is 0 Å². The maximum atomic E-state index is 12.3. The lowest BCUT2D eigenvalue weighted by Crippen LogP contribution is -2.24. The average molecular weight is 426 g/mol. The second-order valence-corrected chi connectivity index (χ2v) is 7.03. The normalized spacial score (nSPS) is 11.1. The Morgan fingerprint density at radius 1 is 1.10 bits per heavy atom. The highest BCUT2D eigenvalue weighted by molar-refractivity contribution is 7.14. The number of hydrogen-bond acceptors (Lipinski definition) is 6. The lowest BCUT2D eigenvalue weighted by Gasteiger charge is -2.11. The van der Waals surface area contributed by atoms with Crippen LogP contribution in [0.2, 0.25) is 0 Å². The standard InChI is InChI=1S/C21H23N5O3S/c1-28-17-9-6-10-18(29-2)15(17)12-24-20(22)26-21-25-16(13-30-21)19(27)23-11-14-7-4-3-5-8-14/h3-10,13H,11-12H2,1-2H3,(H,23,27)(H3,22,24,25,26). The maximum absolute atomic E-state index is 12.3. The molecule has 0 unspecified atom stereocenters. The molecule has 3 rings (SSSR count). The van der Waals surface area contributed by atoms with Gasteiger partial charge in [-0.2, -0.15) is 0 Å². The minimum atomic E-state index is -0.252. The molecule has 0 atom stereocenters. The number of amides is 1. The summed E-state index contributed by atoms with van der Waals surface area (Å²) in [6.07, 6.45) is 0. The number of ether oxygens (including phenoxy) is 2. The Kier molecular flexibility index (Phi) is 7.23. The number of rotatable bonds is 8. The third-order valence-corrected chi connectivity index (χ3v) is 4.96. The number of aromatic nitrogens is 1. The van der Waals surface area contributed by atoms with Crippen molar-refractivity contribution in [2.75, 3.05) is 19.5 Å². The molecule has 4 N–H and O–H groups in total. The maximum Gasteiger partial charge on any atom is 0.271 e. The van der Waals surface area contributed by atoms with Crippen LogP contribution in [0.25, 0.3) is 0 Å². The molecule has 0 bridgehead atoms. The fraction of sp³-hybridized carbons (Fsp3) is 0.190. The van der Waals surface area contributed by atoms with E-state index >= 15 is 0 Å². The number of aliphatic imine (C=N–C) groups is 1. The highest BCUT2D eigenvalue weighted by Gasteiger charge is 2.12. The van der Waals surface area contributed by atoms with Crippen molar-refractivity contribution in [1.29, 1.82) is 0 Å². The zero-order chi connectivity index (χ0) is 21.3. The zero-order valence-electron chi connectivity index (χ0n) is 16.7. The van der Waals surface area contributed by atoms with E-state index in [1.54, 1.807) is 19.6 Å². The van der Waals surface area contributed by atoms with Gasteiger partial charge in [0.25, 0.3) is 5.91 Å². The minimum Gasteiger partial charge on any atom is -0.496 e. The van der Waals surface area contributed by atoms with E-state index in [0.29, 0.717) is 28.9 Å². The molecular weight excluding hydrogens is 402 g/mol. The van der Waals surface area contributed by atoms with Crippen molar-refractivity contribution in [3.63, 3.8) is 0 Å². The van der Waals surface area contributed by atoms with Crippen molar-refractivity contribution >= 4 is 28.3 Å². The van der Waals surface area contributed by atoms with Crippen molar-refractivity contribution in [1.82, 2.24) is 10.3 Å². The van der Waals surface area contributed by atoms with Crippen molar-refractivity contribution in [3.05, 3.63) is 70.7 Å². The monoisotopic (exact) mass is 425 g/mol. The molecular formula is C21H23N5O3S. The molecule has 1 heterocycles. The van der Waals surface area contributed by atoms with Gasteiger partial charge in [0, 0.05) is 11.9 Å². The minimum absolute atomic E-state index is 0.175. The number of guanidine groups is 1. The van der Waals surface area contributed by atoms with E-state index in [4.69, 9.17) is 15.2 Å². The van der Waals surface area contributed by atoms with Crippen LogP contribution < -0.4 is 25.8 Å². The Morgan fingerprint density at radius 3 is 2.47 bits per heavy atom. The Hall–Kier alpha value is -3.59. The number of nitrogens with zero attached hydrogens (tertiary/aromatic N) is 2. The quantitative estimate of drug-likeness (QED) is 0.378. The molecule has 0 aliphatic carbocycles. The molecule has 2 aromatic carbocycles. The van der Waals surface area contributed by atoms with Gasteiger partial charge in [0.1, 0.15) is 17.2 Å². The molecule has 9 heteroatoms. The van der Waals surface area contributed by atoms with Gasteiger partial charge in [-0.05, 0) is 17.7 Å². The van der Waals surface area contributed by atoms with Crippen LogP contribution in [0.5, 0.6) is 11.5 Å². The Morgan fingerprint density at radius 2 is 1.80 bits per heavy atom. The third-order valence-electron chi connectivity index (χ3n) is 4.21. The molecule has 0 aliphatic heterocycles. The van der Waals surface area contributed by atoms with Crippen molar-refractivity contribution < 1.29 is 14.3 Å². The van der Waals surface area contributed by atoms with E-state index in [1.165, 1.54) is 11.3 Å². The summed E-state index contributed by atoms with van der Waals surface area (Å²) in [7, 11) is 3.17. The summed E-state index contributed by atoms with van der Waals surface area (Å²) in [6.45, 7) is 0.701. The topological polar surface area (TPSA) is 111 Å². The number of carbonyl (C=O) groups excluding carboxylic acids is 1. The fourth-order valence-corrected chi connectivity index (χ4v) is 3.40. The molecule has 30 heavy (non-hydrogen) atoms. The van der Waals surface area contributed by atoms with Crippen molar-refractivity contribution in [3.8, 4) is 11.5 Å². The predicted molar refractivity (Wildman–Crippen MR) is 118 cm³/mol. The van der Waals surface area contributed by atoms with Crippen LogP contribution in [0.4, 0.5) is 5.13 Å². The smallest absolute Gasteiger partial charge is 0.271 e. The Bertz CT molecular complexity index is 998. The molecule has 0 saturated heterocycles. The summed E-state index contributed by atoms with van der Waals surface area (Å²) < 4.78 is 10.7. The fourth-order valence-electron chi connectivity index (χ4n) is 2.70. The number of carbonyl (C=O) groups is 1. The van der Waals surface area contributed by atoms with Crippen LogP contribution in [0, 0.1) is 0 Å². The third kappa shape index (κ3) is 5.48. The molecule has 156 valence electrons. The number of nitrogens with two attached hydrogens (primary N) is 1. The summed E-state index contributed by atoms with van der Waals surface area (Å²) in [5, 5.41) is 7.90. The molecule has 3 aromatic rings. The Balaban J connectivity index is 1.59. The molecule has 0 aliphatic rings. The first-order valence-corrected chi connectivity index (χ1v) is 10.0. The molecule has 0 radical (unpaired) electrons. The first-order chi connectivity index (χ1) is 14.6. The number of hydrogen-bond donors (Lipinski definition) is 3. The van der Waals surface area contributed by atoms with Crippen LogP contribution in [-0.2, 0) is 13.1 Å². The average Bonchev–Trinajstić information content (AvgIpc) is 3.24. The lowest BCUT2D eigenvalue weighted by atomic mass is 10.2. The number of nitrogens with one attached hydrogen (secondary N) is 2. The first kappa shape index (κ1) is 21.1. The zero-order valence-corrected chi connectivity index (χ0v) is 17.5. The summed E-state index contributed by atoms with van der Waals surface area (Å²) in [5.41, 5.74) is 8.10. The van der Waals surface area contributed by atoms with Crippen LogP contribution >= 0.6 is 11.3 Å². The lowest BCUT2D eigenvalue weighted by molar-refractivity contribution is 0.0946. The summed E-state index contributed by atoms with van der Waals surface area (Å²) >= 11 is 1.27. The van der Waals surface area contributed by atoms with E-state index in [1.807, 2.05) is 48.5 Å². The van der Waals surface area contributed by atoms with E-state index in [0.717, 1.165) is 11.1 Å². The second kappa shape index (κ2) is 10.3. The van der Waals surface area contributed by atoms with Gasteiger partial charge in [-0.15, -0.1) is 11.3 Å². The van der Waals surface area contributed by atoms with Gasteiger partial charge in [0.2, 0.25) is 0 Å². The van der Waals surface area contributed by atoms with Gasteiger partial charge < -0.3 is 25.8 Å². The molecule has 1 amide bonds.